The van der Waals surface area contributed by atoms with E-state index in [0.29, 0.717) is 11.4 Å². The summed E-state index contributed by atoms with van der Waals surface area (Å²) in [5.74, 6) is -0.661. The first kappa shape index (κ1) is 44.5. The molecule has 0 aliphatic carbocycles. The van der Waals surface area contributed by atoms with Gasteiger partial charge in [0.1, 0.15) is 11.6 Å². The molecular weight excluding hydrogens is 901 g/mol. The molecule has 0 bridgehead atoms. The summed E-state index contributed by atoms with van der Waals surface area (Å²) in [6.07, 6.45) is 0. The van der Waals surface area contributed by atoms with Crippen LogP contribution in [0.3, 0.4) is 0 Å². The molecule has 0 unspecified atom stereocenters. The highest BCUT2D eigenvalue weighted by Crippen LogP contribution is 2.45. The van der Waals surface area contributed by atoms with Gasteiger partial charge < -0.3 is 24.2 Å². The minimum atomic E-state index is -0.330. The van der Waals surface area contributed by atoms with Crippen LogP contribution in [-0.4, -0.2) is 4.57 Å². The van der Waals surface area contributed by atoms with E-state index >= 15 is 8.78 Å². The van der Waals surface area contributed by atoms with E-state index in [9.17, 15) is 0 Å². The van der Waals surface area contributed by atoms with Crippen LogP contribution in [-0.2, 0) is 0 Å². The van der Waals surface area contributed by atoms with Crippen molar-refractivity contribution >= 4 is 90.1 Å². The van der Waals surface area contributed by atoms with Gasteiger partial charge in [0, 0.05) is 84.7 Å². The van der Waals surface area contributed by atoms with Crippen LogP contribution in [0.1, 0.15) is 0 Å². The van der Waals surface area contributed by atoms with Crippen molar-refractivity contribution in [1.29, 1.82) is 0 Å². The molecule has 73 heavy (non-hydrogen) atoms. The molecule has 0 aliphatic rings. The Morgan fingerprint density at radius 3 is 0.781 bits per heavy atom. The molecule has 0 amide bonds. The first-order valence-electron chi connectivity index (χ1n) is 24.3. The SMILES string of the molecule is Fc1cccc(N(c2ccc(N(c3ccccc3)c3ccccc3)cc2)c2ccc3c(c2)c2cc(N(c4ccc(N(c5ccccc5)c5ccccc5)cc4)c4cccc(F)c4)ccc2n3-c2ccccc2)c1. The van der Waals surface area contributed by atoms with Crippen LogP contribution in [0.15, 0.2) is 285 Å². The van der Waals surface area contributed by atoms with E-state index in [-0.39, 0.29) is 11.6 Å². The Morgan fingerprint density at radius 1 is 0.219 bits per heavy atom. The highest BCUT2D eigenvalue weighted by molar-refractivity contribution is 6.12. The Balaban J connectivity index is 1.01. The maximum atomic E-state index is 15.3. The molecule has 11 aromatic carbocycles. The molecular formula is C66H47F2N5. The zero-order valence-electron chi connectivity index (χ0n) is 39.6. The fourth-order valence-electron chi connectivity index (χ4n) is 9.96. The third-order valence-corrected chi connectivity index (χ3v) is 13.2. The van der Waals surface area contributed by atoms with Gasteiger partial charge in [-0.15, -0.1) is 0 Å². The number of nitrogens with zero attached hydrogens (tertiary/aromatic N) is 5. The van der Waals surface area contributed by atoms with E-state index in [4.69, 9.17) is 0 Å². The van der Waals surface area contributed by atoms with Crippen LogP contribution in [0.2, 0.25) is 0 Å². The lowest BCUT2D eigenvalue weighted by Crippen LogP contribution is -2.12. The highest BCUT2D eigenvalue weighted by Gasteiger charge is 2.22. The Morgan fingerprint density at radius 2 is 0.466 bits per heavy atom. The van der Waals surface area contributed by atoms with Crippen molar-refractivity contribution in [3.05, 3.63) is 297 Å². The monoisotopic (exact) mass is 947 g/mol. The Kier molecular flexibility index (Phi) is 11.9. The number of para-hydroxylation sites is 5. The lowest BCUT2D eigenvalue weighted by molar-refractivity contribution is 0.627. The van der Waals surface area contributed by atoms with Crippen molar-refractivity contribution in [3.8, 4) is 5.69 Å². The van der Waals surface area contributed by atoms with Crippen molar-refractivity contribution in [1.82, 2.24) is 4.57 Å². The zero-order chi connectivity index (χ0) is 49.1. The summed E-state index contributed by atoms with van der Waals surface area (Å²) in [6, 6.07) is 94.8. The molecule has 12 aromatic rings. The second-order valence-electron chi connectivity index (χ2n) is 17.8. The predicted octanol–water partition coefficient (Wildman–Crippen LogP) is 18.9. The number of halogens is 2. The van der Waals surface area contributed by atoms with E-state index in [2.05, 4.69) is 170 Å². The smallest absolute Gasteiger partial charge is 0.125 e. The van der Waals surface area contributed by atoms with Gasteiger partial charge in [0.15, 0.2) is 0 Å². The summed E-state index contributed by atoms with van der Waals surface area (Å²) in [7, 11) is 0. The summed E-state index contributed by atoms with van der Waals surface area (Å²) in [5.41, 5.74) is 13.9. The number of anilines is 12. The average molecular weight is 948 g/mol. The van der Waals surface area contributed by atoms with Crippen LogP contribution in [0, 0.1) is 11.6 Å². The van der Waals surface area contributed by atoms with Crippen molar-refractivity contribution in [2.45, 2.75) is 0 Å². The molecule has 0 radical (unpaired) electrons. The van der Waals surface area contributed by atoms with Gasteiger partial charge in [-0.25, -0.2) is 8.78 Å². The largest absolute Gasteiger partial charge is 0.311 e. The summed E-state index contributed by atoms with van der Waals surface area (Å²) >= 11 is 0. The predicted molar refractivity (Wildman–Crippen MR) is 299 cm³/mol. The van der Waals surface area contributed by atoms with Crippen LogP contribution in [0.25, 0.3) is 27.5 Å². The summed E-state index contributed by atoms with van der Waals surface area (Å²) in [4.78, 5) is 8.66. The van der Waals surface area contributed by atoms with E-state index < -0.39 is 0 Å². The molecule has 0 saturated carbocycles. The first-order chi connectivity index (χ1) is 36.0. The van der Waals surface area contributed by atoms with Gasteiger partial charge in [-0.3, -0.25) is 0 Å². The molecule has 0 spiro atoms. The van der Waals surface area contributed by atoms with Crippen molar-refractivity contribution in [2.75, 3.05) is 19.6 Å². The van der Waals surface area contributed by atoms with Crippen molar-refractivity contribution in [3.63, 3.8) is 0 Å². The summed E-state index contributed by atoms with van der Waals surface area (Å²) in [6.45, 7) is 0. The second kappa shape index (κ2) is 19.6. The Bertz CT molecular complexity index is 3500. The fraction of sp³-hybridized carbons (Fsp3) is 0. The molecule has 350 valence electrons. The number of fused-ring (bicyclic) bond motifs is 3. The molecule has 1 aromatic heterocycles. The maximum absolute atomic E-state index is 15.3. The van der Waals surface area contributed by atoms with Gasteiger partial charge in [0.25, 0.3) is 0 Å². The molecule has 0 saturated heterocycles. The van der Waals surface area contributed by atoms with Crippen molar-refractivity contribution in [2.24, 2.45) is 0 Å². The third kappa shape index (κ3) is 8.81. The number of hydrogen-bond acceptors (Lipinski definition) is 4. The molecule has 0 atom stereocenters. The number of aromatic nitrogens is 1. The van der Waals surface area contributed by atoms with Gasteiger partial charge in [-0.05, 0) is 182 Å². The summed E-state index contributed by atoms with van der Waals surface area (Å²) < 4.78 is 32.9. The lowest BCUT2D eigenvalue weighted by Gasteiger charge is -2.28. The molecule has 5 nitrogen and oxygen atoms in total. The van der Waals surface area contributed by atoms with Gasteiger partial charge in [-0.2, -0.15) is 0 Å². The van der Waals surface area contributed by atoms with Crippen LogP contribution < -0.4 is 19.6 Å². The topological polar surface area (TPSA) is 17.9 Å². The molecule has 7 heteroatoms. The maximum Gasteiger partial charge on any atom is 0.125 e. The van der Waals surface area contributed by atoms with Crippen LogP contribution in [0.5, 0.6) is 0 Å². The molecule has 1 heterocycles. The third-order valence-electron chi connectivity index (χ3n) is 13.2. The summed E-state index contributed by atoms with van der Waals surface area (Å²) in [5, 5.41) is 1.98. The Labute approximate surface area is 423 Å². The molecule has 0 aliphatic heterocycles. The standard InChI is InChI=1S/C66H47F2N5/c67-48-18-16-30-59(44-48)71(57-36-32-55(33-37-57)69(50-20-6-1-7-21-50)51-22-8-2-9-23-51)61-40-42-65-63(46-61)64-47-62(41-43-66(64)73(65)54-28-14-5-15-29-54)72(60-31-17-19-49(68)45-60)58-38-34-56(35-39-58)70(52-24-10-3-11-25-52)53-26-12-4-13-27-53/h1-47H. The normalized spacial score (nSPS) is 11.2. The van der Waals surface area contributed by atoms with Crippen LogP contribution in [0.4, 0.5) is 77.0 Å². The number of hydrogen-bond donors (Lipinski definition) is 0. The van der Waals surface area contributed by atoms with E-state index in [1.165, 1.54) is 12.1 Å². The fourth-order valence-corrected chi connectivity index (χ4v) is 9.96. The zero-order valence-corrected chi connectivity index (χ0v) is 39.6. The number of benzene rings is 11. The average Bonchev–Trinajstić information content (AvgIpc) is 3.77. The minimum Gasteiger partial charge on any atom is -0.311 e. The highest BCUT2D eigenvalue weighted by atomic mass is 19.1. The van der Waals surface area contributed by atoms with Crippen molar-refractivity contribution < 1.29 is 8.78 Å². The number of rotatable bonds is 13. The van der Waals surface area contributed by atoms with Gasteiger partial charge in [-0.1, -0.05) is 103 Å². The quantitative estimate of drug-likeness (QED) is 0.115. The van der Waals surface area contributed by atoms with E-state index in [1.807, 2.05) is 103 Å². The van der Waals surface area contributed by atoms with Crippen LogP contribution >= 0.6 is 0 Å². The molecule has 0 fully saturated rings. The minimum absolute atomic E-state index is 0.330. The van der Waals surface area contributed by atoms with Gasteiger partial charge in [0.05, 0.1) is 11.0 Å². The molecule has 0 N–H and O–H groups in total. The van der Waals surface area contributed by atoms with E-state index in [0.717, 1.165) is 84.4 Å². The second-order valence-corrected chi connectivity index (χ2v) is 17.8. The van der Waals surface area contributed by atoms with Gasteiger partial charge >= 0.3 is 0 Å². The molecule has 12 rings (SSSR count). The lowest BCUT2D eigenvalue weighted by atomic mass is 10.1. The van der Waals surface area contributed by atoms with Gasteiger partial charge in [0.2, 0.25) is 0 Å². The van der Waals surface area contributed by atoms with E-state index in [1.54, 1.807) is 24.3 Å². The first-order valence-corrected chi connectivity index (χ1v) is 24.3. The Hall–Kier alpha value is -9.72.